The van der Waals surface area contributed by atoms with Gasteiger partial charge < -0.3 is 9.72 Å². The largest absolute Gasteiger partial charge is 0.465 e. The van der Waals surface area contributed by atoms with Crippen molar-refractivity contribution >= 4 is 29.2 Å². The van der Waals surface area contributed by atoms with Crippen LogP contribution in [0.2, 0.25) is 10.0 Å². The van der Waals surface area contributed by atoms with Crippen LogP contribution in [-0.2, 0) is 11.2 Å². The number of hydrogen-bond acceptors (Lipinski definition) is 2. The molecular formula is C14H13Cl2NO2. The van der Waals surface area contributed by atoms with Crippen molar-refractivity contribution < 1.29 is 9.53 Å². The second-order valence-corrected chi connectivity index (χ2v) is 5.06. The van der Waals surface area contributed by atoms with E-state index in [2.05, 4.69) is 4.98 Å². The lowest BCUT2D eigenvalue weighted by Crippen LogP contribution is -2.05. The third kappa shape index (κ3) is 2.94. The van der Waals surface area contributed by atoms with Crippen LogP contribution in [0.15, 0.2) is 24.4 Å². The highest BCUT2D eigenvalue weighted by atomic mass is 35.5. The molecule has 0 fully saturated rings. The smallest absolute Gasteiger partial charge is 0.339 e. The molecule has 0 aliphatic carbocycles. The quantitative estimate of drug-likeness (QED) is 0.870. The number of aromatic amines is 1. The number of carbonyl (C=O) groups is 1. The monoisotopic (exact) mass is 297 g/mol. The van der Waals surface area contributed by atoms with Crippen molar-refractivity contribution in [3.8, 4) is 0 Å². The molecule has 0 atom stereocenters. The number of esters is 1. The standard InChI is InChI=1S/C14H13Cl2NO2/c1-8-13(14(18)19-2)10(7-17-8)5-9-3-4-11(15)6-12(9)16/h3-4,6-7,17H,5H2,1-2H3. The molecule has 19 heavy (non-hydrogen) atoms. The molecule has 0 aliphatic rings. The normalized spacial score (nSPS) is 10.5. The number of rotatable bonds is 3. The predicted molar refractivity (Wildman–Crippen MR) is 76.1 cm³/mol. The molecule has 0 unspecified atom stereocenters. The van der Waals surface area contributed by atoms with Crippen LogP contribution in [0.4, 0.5) is 0 Å². The molecule has 0 saturated carbocycles. The molecule has 1 N–H and O–H groups in total. The minimum Gasteiger partial charge on any atom is -0.465 e. The summed E-state index contributed by atoms with van der Waals surface area (Å²) in [5, 5.41) is 1.18. The lowest BCUT2D eigenvalue weighted by atomic mass is 10.0. The zero-order valence-electron chi connectivity index (χ0n) is 10.6. The summed E-state index contributed by atoms with van der Waals surface area (Å²) < 4.78 is 4.79. The minimum absolute atomic E-state index is 0.348. The van der Waals surface area contributed by atoms with Gasteiger partial charge in [-0.05, 0) is 30.2 Å². The topological polar surface area (TPSA) is 42.1 Å². The number of hydrogen-bond donors (Lipinski definition) is 1. The van der Waals surface area contributed by atoms with Crippen LogP contribution in [0, 0.1) is 6.92 Å². The van der Waals surface area contributed by atoms with Crippen molar-refractivity contribution in [1.82, 2.24) is 4.98 Å². The van der Waals surface area contributed by atoms with E-state index in [1.54, 1.807) is 18.3 Å². The lowest BCUT2D eigenvalue weighted by Gasteiger charge is -2.06. The van der Waals surface area contributed by atoms with Gasteiger partial charge in [0, 0.05) is 28.4 Å². The molecule has 5 heteroatoms. The highest BCUT2D eigenvalue weighted by molar-refractivity contribution is 6.35. The number of nitrogens with one attached hydrogen (secondary N) is 1. The van der Waals surface area contributed by atoms with Gasteiger partial charge in [-0.25, -0.2) is 4.79 Å². The second-order valence-electron chi connectivity index (χ2n) is 4.22. The molecule has 0 radical (unpaired) electrons. The molecule has 100 valence electrons. The molecule has 0 bridgehead atoms. The summed E-state index contributed by atoms with van der Waals surface area (Å²) in [5.74, 6) is -0.348. The molecule has 1 aromatic carbocycles. The van der Waals surface area contributed by atoms with Crippen LogP contribution in [0.3, 0.4) is 0 Å². The Morgan fingerprint density at radius 1 is 1.32 bits per heavy atom. The van der Waals surface area contributed by atoms with Gasteiger partial charge in [-0.15, -0.1) is 0 Å². The fourth-order valence-corrected chi connectivity index (χ4v) is 2.45. The van der Waals surface area contributed by atoms with Crippen molar-refractivity contribution in [2.24, 2.45) is 0 Å². The Bertz CT molecular complexity index is 620. The van der Waals surface area contributed by atoms with E-state index in [-0.39, 0.29) is 5.97 Å². The Labute approximate surface area is 121 Å². The molecule has 3 nitrogen and oxygen atoms in total. The van der Waals surface area contributed by atoms with Gasteiger partial charge >= 0.3 is 5.97 Å². The van der Waals surface area contributed by atoms with Crippen LogP contribution in [0.5, 0.6) is 0 Å². The first-order valence-electron chi connectivity index (χ1n) is 5.72. The number of aromatic nitrogens is 1. The summed E-state index contributed by atoms with van der Waals surface area (Å²) in [4.78, 5) is 14.8. The molecule has 0 saturated heterocycles. The SMILES string of the molecule is COC(=O)c1c(Cc2ccc(Cl)cc2Cl)c[nH]c1C. The summed E-state index contributed by atoms with van der Waals surface area (Å²) in [6.45, 7) is 1.83. The van der Waals surface area contributed by atoms with E-state index in [4.69, 9.17) is 27.9 Å². The van der Waals surface area contributed by atoms with Crippen LogP contribution < -0.4 is 0 Å². The third-order valence-electron chi connectivity index (χ3n) is 2.94. The average Bonchev–Trinajstić information content (AvgIpc) is 2.73. The maximum atomic E-state index is 11.7. The Morgan fingerprint density at radius 2 is 2.05 bits per heavy atom. The van der Waals surface area contributed by atoms with Crippen molar-refractivity contribution in [2.45, 2.75) is 13.3 Å². The van der Waals surface area contributed by atoms with Crippen LogP contribution in [0.1, 0.15) is 27.2 Å². The first kappa shape index (κ1) is 14.0. The van der Waals surface area contributed by atoms with Gasteiger partial charge in [0.15, 0.2) is 0 Å². The van der Waals surface area contributed by atoms with E-state index in [9.17, 15) is 4.79 Å². The van der Waals surface area contributed by atoms with E-state index in [1.165, 1.54) is 7.11 Å². The molecule has 2 aromatic rings. The third-order valence-corrected chi connectivity index (χ3v) is 3.53. The number of methoxy groups -OCH3 is 1. The molecule has 1 heterocycles. The van der Waals surface area contributed by atoms with Crippen molar-refractivity contribution in [1.29, 1.82) is 0 Å². The van der Waals surface area contributed by atoms with Crippen LogP contribution >= 0.6 is 23.2 Å². The number of H-pyrrole nitrogens is 1. The van der Waals surface area contributed by atoms with Gasteiger partial charge in [0.05, 0.1) is 12.7 Å². The summed E-state index contributed by atoms with van der Waals surface area (Å²) >= 11 is 12.0. The number of aryl methyl sites for hydroxylation is 1. The van der Waals surface area contributed by atoms with Gasteiger partial charge in [-0.3, -0.25) is 0 Å². The number of carbonyl (C=O) groups excluding carboxylic acids is 1. The van der Waals surface area contributed by atoms with Crippen LogP contribution in [0.25, 0.3) is 0 Å². The summed E-state index contributed by atoms with van der Waals surface area (Å²) in [6, 6.07) is 5.32. The van der Waals surface area contributed by atoms with Gasteiger partial charge in [-0.2, -0.15) is 0 Å². The Hall–Kier alpha value is -1.45. The molecule has 0 aliphatic heterocycles. The van der Waals surface area contributed by atoms with E-state index in [1.807, 2.05) is 13.0 Å². The number of benzene rings is 1. The highest BCUT2D eigenvalue weighted by Gasteiger charge is 2.17. The number of halogens is 2. The zero-order valence-corrected chi connectivity index (χ0v) is 12.1. The average molecular weight is 298 g/mol. The maximum absolute atomic E-state index is 11.7. The molecule has 2 rings (SSSR count). The van der Waals surface area contributed by atoms with E-state index in [0.717, 1.165) is 16.8 Å². The van der Waals surface area contributed by atoms with Crippen molar-refractivity contribution in [2.75, 3.05) is 7.11 Å². The first-order chi connectivity index (χ1) is 9.02. The first-order valence-corrected chi connectivity index (χ1v) is 6.47. The summed E-state index contributed by atoms with van der Waals surface area (Å²) in [6.07, 6.45) is 2.34. The van der Waals surface area contributed by atoms with Crippen molar-refractivity contribution in [3.05, 3.63) is 56.8 Å². The molecule has 1 aromatic heterocycles. The van der Waals surface area contributed by atoms with Crippen LogP contribution in [-0.4, -0.2) is 18.1 Å². The van der Waals surface area contributed by atoms with Gasteiger partial charge in [0.2, 0.25) is 0 Å². The number of ether oxygens (including phenoxy) is 1. The fourth-order valence-electron chi connectivity index (χ4n) is 1.98. The van der Waals surface area contributed by atoms with Gasteiger partial charge in [0.1, 0.15) is 0 Å². The Morgan fingerprint density at radius 3 is 2.68 bits per heavy atom. The molecule has 0 amide bonds. The Kier molecular flexibility index (Phi) is 4.17. The summed E-state index contributed by atoms with van der Waals surface area (Å²) in [5.41, 5.74) is 3.12. The van der Waals surface area contributed by atoms with E-state index in [0.29, 0.717) is 22.0 Å². The predicted octanol–water partition coefficient (Wildman–Crippen LogP) is 4.01. The van der Waals surface area contributed by atoms with Gasteiger partial charge in [0.25, 0.3) is 0 Å². The highest BCUT2D eigenvalue weighted by Crippen LogP contribution is 2.25. The van der Waals surface area contributed by atoms with E-state index < -0.39 is 0 Å². The van der Waals surface area contributed by atoms with E-state index >= 15 is 0 Å². The molecular weight excluding hydrogens is 285 g/mol. The molecule has 0 spiro atoms. The van der Waals surface area contributed by atoms with Gasteiger partial charge in [-0.1, -0.05) is 29.3 Å². The lowest BCUT2D eigenvalue weighted by molar-refractivity contribution is 0.0599. The zero-order chi connectivity index (χ0) is 14.0. The fraction of sp³-hybridized carbons (Fsp3) is 0.214. The van der Waals surface area contributed by atoms with Crippen molar-refractivity contribution in [3.63, 3.8) is 0 Å². The second kappa shape index (κ2) is 5.68. The summed E-state index contributed by atoms with van der Waals surface area (Å²) in [7, 11) is 1.37. The minimum atomic E-state index is -0.348. The Balaban J connectivity index is 2.36. The maximum Gasteiger partial charge on any atom is 0.339 e.